The lowest BCUT2D eigenvalue weighted by Crippen LogP contribution is -2.39. The van der Waals surface area contributed by atoms with Crippen LogP contribution in [0.25, 0.3) is 0 Å². The first kappa shape index (κ1) is 22.3. The quantitative estimate of drug-likeness (QED) is 0.494. The minimum absolute atomic E-state index is 0.0260. The van der Waals surface area contributed by atoms with Crippen LogP contribution in [-0.4, -0.2) is 31.6 Å². The van der Waals surface area contributed by atoms with Crippen molar-refractivity contribution in [1.82, 2.24) is 0 Å². The Morgan fingerprint density at radius 3 is 2.76 bits per heavy atom. The van der Waals surface area contributed by atoms with Gasteiger partial charge in [-0.25, -0.2) is 4.39 Å². The van der Waals surface area contributed by atoms with Crippen LogP contribution in [-0.2, 0) is 4.79 Å². The Morgan fingerprint density at radius 1 is 1.09 bits per heavy atom. The first-order chi connectivity index (χ1) is 16.0. The predicted octanol–water partition coefficient (Wildman–Crippen LogP) is 4.97. The van der Waals surface area contributed by atoms with Gasteiger partial charge in [-0.15, -0.1) is 0 Å². The third-order valence-electron chi connectivity index (χ3n) is 5.28. The molecule has 2 amide bonds. The summed E-state index contributed by atoms with van der Waals surface area (Å²) in [5.41, 5.74) is 2.45. The Labute approximate surface area is 191 Å². The third kappa shape index (κ3) is 5.68. The van der Waals surface area contributed by atoms with E-state index < -0.39 is 11.7 Å². The molecular weight excluding hydrogens is 423 g/mol. The molecular formula is C26H25FN2O4. The second-order valence-corrected chi connectivity index (χ2v) is 7.85. The maximum atomic E-state index is 13.4. The summed E-state index contributed by atoms with van der Waals surface area (Å²) in [5.74, 6) is 0.355. The van der Waals surface area contributed by atoms with Crippen molar-refractivity contribution >= 4 is 23.2 Å². The number of hydrogen-bond donors (Lipinski definition) is 1. The number of amides is 2. The molecule has 0 radical (unpaired) electrons. The number of rotatable bonds is 8. The number of fused-ring (bicyclic) bond motifs is 1. The first-order valence-electron chi connectivity index (χ1n) is 10.8. The van der Waals surface area contributed by atoms with Crippen molar-refractivity contribution in [2.24, 2.45) is 0 Å². The highest BCUT2D eigenvalue weighted by Crippen LogP contribution is 2.35. The SMILES string of the molecule is Cc1cccc(OCCCCN2C(=O)COc3ccc(NC(=O)c4cccc(F)c4)cc32)c1. The van der Waals surface area contributed by atoms with Gasteiger partial charge in [0.15, 0.2) is 6.61 Å². The number of ether oxygens (including phenoxy) is 2. The number of halogens is 1. The number of carbonyl (C=O) groups excluding carboxylic acids is 2. The Hall–Kier alpha value is -3.87. The van der Waals surface area contributed by atoms with Crippen molar-refractivity contribution in [1.29, 1.82) is 0 Å². The highest BCUT2D eigenvalue weighted by atomic mass is 19.1. The van der Waals surface area contributed by atoms with Crippen molar-refractivity contribution in [3.05, 3.63) is 83.7 Å². The maximum Gasteiger partial charge on any atom is 0.265 e. The highest BCUT2D eigenvalue weighted by Gasteiger charge is 2.25. The minimum atomic E-state index is -0.482. The van der Waals surface area contributed by atoms with Crippen LogP contribution in [0.2, 0.25) is 0 Å². The van der Waals surface area contributed by atoms with E-state index in [9.17, 15) is 14.0 Å². The van der Waals surface area contributed by atoms with Crippen LogP contribution in [0.1, 0.15) is 28.8 Å². The molecule has 0 saturated heterocycles. The largest absolute Gasteiger partial charge is 0.494 e. The zero-order valence-corrected chi connectivity index (χ0v) is 18.3. The molecule has 1 aliphatic heterocycles. The van der Waals surface area contributed by atoms with E-state index >= 15 is 0 Å². The molecule has 0 spiro atoms. The van der Waals surface area contributed by atoms with E-state index in [0.29, 0.717) is 30.3 Å². The zero-order valence-electron chi connectivity index (χ0n) is 18.3. The van der Waals surface area contributed by atoms with Crippen LogP contribution >= 0.6 is 0 Å². The summed E-state index contributed by atoms with van der Waals surface area (Å²) in [7, 11) is 0. The number of unbranched alkanes of at least 4 members (excludes halogenated alkanes) is 1. The molecule has 170 valence electrons. The van der Waals surface area contributed by atoms with Crippen molar-refractivity contribution in [2.45, 2.75) is 19.8 Å². The molecule has 1 aliphatic rings. The molecule has 3 aromatic rings. The average molecular weight is 448 g/mol. The number of aryl methyl sites for hydroxylation is 1. The Bertz CT molecular complexity index is 1160. The molecule has 7 heteroatoms. The zero-order chi connectivity index (χ0) is 23.2. The molecule has 33 heavy (non-hydrogen) atoms. The summed E-state index contributed by atoms with van der Waals surface area (Å²) in [5, 5.41) is 2.75. The van der Waals surface area contributed by atoms with E-state index in [1.54, 1.807) is 23.1 Å². The van der Waals surface area contributed by atoms with Crippen LogP contribution in [0, 0.1) is 12.7 Å². The molecule has 0 saturated carbocycles. The molecule has 0 aliphatic carbocycles. The monoisotopic (exact) mass is 448 g/mol. The van der Waals surface area contributed by atoms with Crippen molar-refractivity contribution in [2.75, 3.05) is 30.0 Å². The summed E-state index contributed by atoms with van der Waals surface area (Å²) in [6, 6.07) is 18.5. The molecule has 6 nitrogen and oxygen atoms in total. The molecule has 0 bridgehead atoms. The highest BCUT2D eigenvalue weighted by molar-refractivity contribution is 6.05. The van der Waals surface area contributed by atoms with Crippen molar-refractivity contribution in [3.63, 3.8) is 0 Å². The molecule has 4 rings (SSSR count). The maximum absolute atomic E-state index is 13.4. The summed E-state index contributed by atoms with van der Waals surface area (Å²) >= 11 is 0. The van der Waals surface area contributed by atoms with Crippen LogP contribution in [0.3, 0.4) is 0 Å². The van der Waals surface area contributed by atoms with Gasteiger partial charge < -0.3 is 19.7 Å². The second-order valence-electron chi connectivity index (χ2n) is 7.85. The minimum Gasteiger partial charge on any atom is -0.494 e. The fourth-order valence-electron chi connectivity index (χ4n) is 3.63. The van der Waals surface area contributed by atoms with Gasteiger partial charge >= 0.3 is 0 Å². The Morgan fingerprint density at radius 2 is 1.94 bits per heavy atom. The number of nitrogens with zero attached hydrogens (tertiary/aromatic N) is 1. The lowest BCUT2D eigenvalue weighted by molar-refractivity contribution is -0.121. The molecule has 0 unspecified atom stereocenters. The predicted molar refractivity (Wildman–Crippen MR) is 125 cm³/mol. The lowest BCUT2D eigenvalue weighted by atomic mass is 10.1. The van der Waals surface area contributed by atoms with E-state index in [2.05, 4.69) is 5.32 Å². The standard InChI is InChI=1S/C26H25FN2O4/c1-18-6-4-9-22(14-18)32-13-3-2-12-29-23-16-21(10-11-24(23)33-17-25(29)30)28-26(31)19-7-5-8-20(27)15-19/h4-11,14-16H,2-3,12-13,17H2,1H3,(H,28,31). The summed E-state index contributed by atoms with van der Waals surface area (Å²) < 4.78 is 24.8. The molecule has 1 N–H and O–H groups in total. The molecule has 0 fully saturated rings. The van der Waals surface area contributed by atoms with Gasteiger partial charge in [0.25, 0.3) is 11.8 Å². The van der Waals surface area contributed by atoms with Gasteiger partial charge in [-0.3, -0.25) is 9.59 Å². The van der Waals surface area contributed by atoms with Gasteiger partial charge in [-0.05, 0) is 73.9 Å². The van der Waals surface area contributed by atoms with Crippen LogP contribution < -0.4 is 19.7 Å². The summed E-state index contributed by atoms with van der Waals surface area (Å²) in [4.78, 5) is 26.6. The van der Waals surface area contributed by atoms with E-state index in [0.717, 1.165) is 24.2 Å². The van der Waals surface area contributed by atoms with Gasteiger partial charge in [-0.2, -0.15) is 0 Å². The number of benzene rings is 3. The number of anilines is 2. The van der Waals surface area contributed by atoms with Crippen LogP contribution in [0.4, 0.5) is 15.8 Å². The lowest BCUT2D eigenvalue weighted by Gasteiger charge is -2.30. The number of nitrogens with one attached hydrogen (secondary N) is 1. The molecule has 0 aromatic heterocycles. The summed E-state index contributed by atoms with van der Waals surface area (Å²) in [6.07, 6.45) is 1.53. The van der Waals surface area contributed by atoms with E-state index in [1.165, 1.54) is 24.3 Å². The Kier molecular flexibility index (Phi) is 6.88. The normalized spacial score (nSPS) is 12.7. The topological polar surface area (TPSA) is 67.9 Å². The fourth-order valence-corrected chi connectivity index (χ4v) is 3.63. The molecule has 1 heterocycles. The molecule has 3 aromatic carbocycles. The van der Waals surface area contributed by atoms with Gasteiger partial charge in [-0.1, -0.05) is 18.2 Å². The van der Waals surface area contributed by atoms with Gasteiger partial charge in [0.05, 0.1) is 12.3 Å². The first-order valence-corrected chi connectivity index (χ1v) is 10.8. The van der Waals surface area contributed by atoms with E-state index in [4.69, 9.17) is 9.47 Å². The fraction of sp³-hybridized carbons (Fsp3) is 0.231. The third-order valence-corrected chi connectivity index (χ3v) is 5.28. The van der Waals surface area contributed by atoms with E-state index in [1.807, 2.05) is 31.2 Å². The molecule has 0 atom stereocenters. The van der Waals surface area contributed by atoms with Crippen molar-refractivity contribution in [3.8, 4) is 11.5 Å². The Balaban J connectivity index is 1.37. The van der Waals surface area contributed by atoms with Gasteiger partial charge in [0.2, 0.25) is 0 Å². The average Bonchev–Trinajstić information content (AvgIpc) is 2.80. The van der Waals surface area contributed by atoms with Crippen LogP contribution in [0.15, 0.2) is 66.7 Å². The summed E-state index contributed by atoms with van der Waals surface area (Å²) in [6.45, 7) is 3.05. The smallest absolute Gasteiger partial charge is 0.265 e. The van der Waals surface area contributed by atoms with Crippen LogP contribution in [0.5, 0.6) is 11.5 Å². The number of carbonyl (C=O) groups is 2. The number of hydrogen-bond acceptors (Lipinski definition) is 4. The van der Waals surface area contributed by atoms with Crippen molar-refractivity contribution < 1.29 is 23.5 Å². The van der Waals surface area contributed by atoms with Gasteiger partial charge in [0.1, 0.15) is 17.3 Å². The van der Waals surface area contributed by atoms with Gasteiger partial charge in [0, 0.05) is 17.8 Å². The second kappa shape index (κ2) is 10.2. The van der Waals surface area contributed by atoms with E-state index in [-0.39, 0.29) is 18.1 Å².